The zero-order valence-corrected chi connectivity index (χ0v) is 14.6. The van der Waals surface area contributed by atoms with Crippen LogP contribution in [0, 0.1) is 11.6 Å². The Morgan fingerprint density at radius 2 is 1.96 bits per heavy atom. The molecule has 0 aliphatic heterocycles. The molecule has 1 aromatic heterocycles. The lowest BCUT2D eigenvalue weighted by Crippen LogP contribution is -2.39. The van der Waals surface area contributed by atoms with Gasteiger partial charge in [0.1, 0.15) is 23.8 Å². The lowest BCUT2D eigenvalue weighted by atomic mass is 10.1. The number of rotatable bonds is 8. The first-order valence-electron chi connectivity index (χ1n) is 8.47. The van der Waals surface area contributed by atoms with Gasteiger partial charge in [-0.3, -0.25) is 4.99 Å². The maximum absolute atomic E-state index is 13.6. The Labute approximate surface area is 146 Å². The smallest absolute Gasteiger partial charge is 0.191 e. The maximum Gasteiger partial charge on any atom is 0.191 e. The minimum absolute atomic E-state index is 0.0687. The molecule has 0 radical (unpaired) electrons. The Morgan fingerprint density at radius 3 is 2.64 bits per heavy atom. The molecular formula is C17H24F2N6. The number of nitrogens with zero attached hydrogens (tertiary/aromatic N) is 4. The van der Waals surface area contributed by atoms with Crippen molar-refractivity contribution in [3.63, 3.8) is 0 Å². The van der Waals surface area contributed by atoms with E-state index >= 15 is 0 Å². The van der Waals surface area contributed by atoms with Crippen LogP contribution in [0.3, 0.4) is 0 Å². The molecule has 6 nitrogen and oxygen atoms in total. The average molecular weight is 350 g/mol. The third-order valence-corrected chi connectivity index (χ3v) is 3.69. The van der Waals surface area contributed by atoms with Crippen molar-refractivity contribution in [2.24, 2.45) is 4.99 Å². The summed E-state index contributed by atoms with van der Waals surface area (Å²) in [6.07, 6.45) is 2.73. The molecule has 0 spiro atoms. The van der Waals surface area contributed by atoms with Crippen molar-refractivity contribution >= 4 is 5.96 Å². The summed E-state index contributed by atoms with van der Waals surface area (Å²) in [5, 5.41) is 14.3. The predicted octanol–water partition coefficient (Wildman–Crippen LogP) is 1.92. The molecule has 0 aliphatic carbocycles. The van der Waals surface area contributed by atoms with Crippen molar-refractivity contribution in [3.05, 3.63) is 47.5 Å². The summed E-state index contributed by atoms with van der Waals surface area (Å²) in [5.41, 5.74) is 0.0687. The first-order valence-corrected chi connectivity index (χ1v) is 8.47. The van der Waals surface area contributed by atoms with E-state index in [4.69, 9.17) is 0 Å². The first-order chi connectivity index (χ1) is 12.2. The van der Waals surface area contributed by atoms with Crippen LogP contribution < -0.4 is 10.6 Å². The second kappa shape index (κ2) is 9.71. The van der Waals surface area contributed by atoms with Gasteiger partial charge in [-0.25, -0.2) is 8.78 Å². The molecule has 0 amide bonds. The molecule has 0 aliphatic rings. The van der Waals surface area contributed by atoms with Gasteiger partial charge in [-0.05, 0) is 25.5 Å². The fourth-order valence-corrected chi connectivity index (χ4v) is 2.43. The number of hydrogen-bond donors (Lipinski definition) is 2. The third kappa shape index (κ3) is 5.51. The van der Waals surface area contributed by atoms with E-state index in [1.54, 1.807) is 6.33 Å². The van der Waals surface area contributed by atoms with Gasteiger partial charge in [-0.15, -0.1) is 10.2 Å². The van der Waals surface area contributed by atoms with Crippen LogP contribution in [0.1, 0.15) is 25.2 Å². The van der Waals surface area contributed by atoms with Crippen molar-refractivity contribution in [3.8, 4) is 0 Å². The molecular weight excluding hydrogens is 326 g/mol. The minimum atomic E-state index is -0.534. The summed E-state index contributed by atoms with van der Waals surface area (Å²) in [4.78, 5) is 4.37. The predicted molar refractivity (Wildman–Crippen MR) is 93.4 cm³/mol. The van der Waals surface area contributed by atoms with Gasteiger partial charge in [0.15, 0.2) is 5.96 Å². The fourth-order valence-electron chi connectivity index (χ4n) is 2.43. The Kier molecular flexibility index (Phi) is 7.31. The summed E-state index contributed by atoms with van der Waals surface area (Å²) in [6.45, 7) is 6.34. The zero-order chi connectivity index (χ0) is 18.1. The van der Waals surface area contributed by atoms with E-state index in [2.05, 4.69) is 25.8 Å². The van der Waals surface area contributed by atoms with Crippen molar-refractivity contribution in [2.75, 3.05) is 19.6 Å². The monoisotopic (exact) mass is 350 g/mol. The largest absolute Gasteiger partial charge is 0.357 e. The highest BCUT2D eigenvalue weighted by molar-refractivity contribution is 5.79. The van der Waals surface area contributed by atoms with Gasteiger partial charge in [0.05, 0.1) is 0 Å². The number of halogens is 2. The van der Waals surface area contributed by atoms with Gasteiger partial charge in [0.2, 0.25) is 0 Å². The van der Waals surface area contributed by atoms with Crippen molar-refractivity contribution in [1.29, 1.82) is 0 Å². The lowest BCUT2D eigenvalue weighted by Gasteiger charge is -2.12. The number of nitrogens with one attached hydrogen (secondary N) is 2. The Morgan fingerprint density at radius 1 is 1.20 bits per heavy atom. The second-order valence-corrected chi connectivity index (χ2v) is 5.43. The molecule has 0 saturated heterocycles. The van der Waals surface area contributed by atoms with Crippen LogP contribution in [0.4, 0.5) is 8.78 Å². The van der Waals surface area contributed by atoms with Gasteiger partial charge >= 0.3 is 0 Å². The highest BCUT2D eigenvalue weighted by Gasteiger charge is 2.08. The van der Waals surface area contributed by atoms with Crippen LogP contribution in [0.15, 0.2) is 29.5 Å². The Bertz CT molecular complexity index is 678. The highest BCUT2D eigenvalue weighted by Crippen LogP contribution is 2.12. The quantitative estimate of drug-likeness (QED) is 0.564. The SMILES string of the molecule is CCNC(=NCCc1c(F)cccc1F)NCCn1cnnc1CC. The van der Waals surface area contributed by atoms with Gasteiger partial charge in [-0.1, -0.05) is 13.0 Å². The Balaban J connectivity index is 1.87. The van der Waals surface area contributed by atoms with Gasteiger partial charge < -0.3 is 15.2 Å². The van der Waals surface area contributed by atoms with E-state index in [-0.39, 0.29) is 12.0 Å². The van der Waals surface area contributed by atoms with Crippen molar-refractivity contribution in [1.82, 2.24) is 25.4 Å². The molecule has 1 heterocycles. The molecule has 1 aromatic carbocycles. The minimum Gasteiger partial charge on any atom is -0.357 e. The lowest BCUT2D eigenvalue weighted by molar-refractivity contribution is 0.555. The summed E-state index contributed by atoms with van der Waals surface area (Å²) in [5.74, 6) is 0.477. The molecule has 2 aromatic rings. The standard InChI is InChI=1S/C17H24F2N6/c1-3-16-24-23-12-25(16)11-10-22-17(20-4-2)21-9-8-13-14(18)6-5-7-15(13)19/h5-7,12H,3-4,8-11H2,1-2H3,(H2,20,21,22). The molecule has 2 rings (SSSR count). The molecule has 0 fully saturated rings. The molecule has 0 saturated carbocycles. The molecule has 0 atom stereocenters. The van der Waals surface area contributed by atoms with Crippen LogP contribution >= 0.6 is 0 Å². The van der Waals surface area contributed by atoms with Gasteiger partial charge in [0, 0.05) is 38.2 Å². The van der Waals surface area contributed by atoms with E-state index in [9.17, 15) is 8.78 Å². The van der Waals surface area contributed by atoms with Crippen LogP contribution in [-0.2, 0) is 19.4 Å². The number of hydrogen-bond acceptors (Lipinski definition) is 3. The van der Waals surface area contributed by atoms with E-state index in [1.165, 1.54) is 18.2 Å². The molecule has 0 bridgehead atoms. The van der Waals surface area contributed by atoms with Crippen LogP contribution in [0.5, 0.6) is 0 Å². The number of aliphatic imine (C=N–C) groups is 1. The van der Waals surface area contributed by atoms with Crippen molar-refractivity contribution in [2.45, 2.75) is 33.2 Å². The summed E-state index contributed by atoms with van der Waals surface area (Å²) >= 11 is 0. The van der Waals surface area contributed by atoms with Crippen LogP contribution in [0.25, 0.3) is 0 Å². The normalized spacial score (nSPS) is 11.6. The van der Waals surface area contributed by atoms with Crippen molar-refractivity contribution < 1.29 is 8.78 Å². The Hall–Kier alpha value is -2.51. The molecule has 136 valence electrons. The van der Waals surface area contributed by atoms with Gasteiger partial charge in [-0.2, -0.15) is 0 Å². The summed E-state index contributed by atoms with van der Waals surface area (Å²) in [7, 11) is 0. The van der Waals surface area contributed by atoms with Crippen LogP contribution in [-0.4, -0.2) is 40.4 Å². The summed E-state index contributed by atoms with van der Waals surface area (Å²) < 4.78 is 29.2. The summed E-state index contributed by atoms with van der Waals surface area (Å²) in [6, 6.07) is 3.88. The third-order valence-electron chi connectivity index (χ3n) is 3.69. The number of benzene rings is 1. The van der Waals surface area contributed by atoms with E-state index in [1.807, 2.05) is 18.4 Å². The number of guanidine groups is 1. The van der Waals surface area contributed by atoms with Crippen LogP contribution in [0.2, 0.25) is 0 Å². The number of aryl methyl sites for hydroxylation is 1. The average Bonchev–Trinajstić information content (AvgIpc) is 3.05. The molecule has 2 N–H and O–H groups in total. The first kappa shape index (κ1) is 18.8. The fraction of sp³-hybridized carbons (Fsp3) is 0.471. The second-order valence-electron chi connectivity index (χ2n) is 5.43. The van der Waals surface area contributed by atoms with E-state index < -0.39 is 11.6 Å². The zero-order valence-electron chi connectivity index (χ0n) is 14.6. The highest BCUT2D eigenvalue weighted by atomic mass is 19.1. The van der Waals surface area contributed by atoms with E-state index in [0.29, 0.717) is 32.1 Å². The molecule has 0 unspecified atom stereocenters. The van der Waals surface area contributed by atoms with E-state index in [0.717, 1.165) is 12.2 Å². The maximum atomic E-state index is 13.6. The molecule has 8 heteroatoms. The topological polar surface area (TPSA) is 67.1 Å². The number of aromatic nitrogens is 3. The molecule has 25 heavy (non-hydrogen) atoms. The van der Waals surface area contributed by atoms with Gasteiger partial charge in [0.25, 0.3) is 0 Å².